The van der Waals surface area contributed by atoms with Crippen LogP contribution < -0.4 is 5.32 Å². The molecular weight excluding hydrogens is 332 g/mol. The van der Waals surface area contributed by atoms with Gasteiger partial charge in [0, 0.05) is 11.6 Å². The number of rotatable bonds is 5. The van der Waals surface area contributed by atoms with Gasteiger partial charge >= 0.3 is 5.97 Å². The molecule has 1 saturated heterocycles. The maximum absolute atomic E-state index is 12.6. The van der Waals surface area contributed by atoms with Crippen LogP contribution in [0.5, 0.6) is 0 Å². The average Bonchev–Trinajstić information content (AvgIpc) is 2.95. The molecule has 2 N–H and O–H groups in total. The smallest absolute Gasteiger partial charge is 0.322 e. The van der Waals surface area contributed by atoms with Gasteiger partial charge in [0.15, 0.2) is 0 Å². The molecule has 0 bridgehead atoms. The first-order chi connectivity index (χ1) is 10.3. The standard InChI is InChI=1S/C13H15ClN2O5S/c14-9-3-5-10(6-4-9)22(20,21)16-7-1-2-11(16)13(19)15-8-12(17)18/h3-6,11H,1-2,7-8H2,(H,15,19)(H,17,18). The summed E-state index contributed by atoms with van der Waals surface area (Å²) in [6.07, 6.45) is 0.899. The second kappa shape index (κ2) is 6.64. The maximum Gasteiger partial charge on any atom is 0.322 e. The molecule has 1 fully saturated rings. The fourth-order valence-electron chi connectivity index (χ4n) is 2.31. The third-order valence-corrected chi connectivity index (χ3v) is 5.51. The van der Waals surface area contributed by atoms with Gasteiger partial charge in [0.25, 0.3) is 0 Å². The number of carbonyl (C=O) groups excluding carboxylic acids is 1. The molecule has 1 heterocycles. The lowest BCUT2D eigenvalue weighted by Crippen LogP contribution is -2.46. The number of carboxylic acid groups (broad SMARTS) is 1. The van der Waals surface area contributed by atoms with Crippen LogP contribution in [-0.4, -0.2) is 48.8 Å². The molecule has 1 aliphatic heterocycles. The fraction of sp³-hybridized carbons (Fsp3) is 0.385. The number of benzene rings is 1. The van der Waals surface area contributed by atoms with E-state index in [9.17, 15) is 18.0 Å². The summed E-state index contributed by atoms with van der Waals surface area (Å²) >= 11 is 5.74. The minimum Gasteiger partial charge on any atom is -0.480 e. The molecule has 0 aliphatic carbocycles. The third kappa shape index (κ3) is 3.57. The van der Waals surface area contributed by atoms with Crippen LogP contribution in [0.3, 0.4) is 0 Å². The van der Waals surface area contributed by atoms with Gasteiger partial charge in [-0.25, -0.2) is 8.42 Å². The maximum atomic E-state index is 12.6. The molecule has 9 heteroatoms. The predicted octanol–water partition coefficient (Wildman–Crippen LogP) is 0.694. The molecule has 1 aliphatic rings. The Labute approximate surface area is 132 Å². The number of sulfonamides is 1. The van der Waals surface area contributed by atoms with Gasteiger partial charge in [-0.05, 0) is 37.1 Å². The van der Waals surface area contributed by atoms with Crippen molar-refractivity contribution in [1.82, 2.24) is 9.62 Å². The van der Waals surface area contributed by atoms with E-state index in [1.807, 2.05) is 0 Å². The Hall–Kier alpha value is -1.64. The van der Waals surface area contributed by atoms with Crippen molar-refractivity contribution in [3.05, 3.63) is 29.3 Å². The molecule has 1 amide bonds. The third-order valence-electron chi connectivity index (χ3n) is 3.34. The van der Waals surface area contributed by atoms with Gasteiger partial charge in [0.2, 0.25) is 15.9 Å². The zero-order valence-electron chi connectivity index (χ0n) is 11.5. The number of nitrogens with one attached hydrogen (secondary N) is 1. The molecule has 0 spiro atoms. The van der Waals surface area contributed by atoms with E-state index < -0.39 is 34.5 Å². The minimum atomic E-state index is -3.82. The Bertz CT molecular complexity index is 674. The molecule has 7 nitrogen and oxygen atoms in total. The molecule has 1 aromatic rings. The zero-order valence-corrected chi connectivity index (χ0v) is 13.1. The Morgan fingerprint density at radius 2 is 1.95 bits per heavy atom. The summed E-state index contributed by atoms with van der Waals surface area (Å²) in [4.78, 5) is 22.5. The van der Waals surface area contributed by atoms with Crippen molar-refractivity contribution < 1.29 is 23.1 Å². The quantitative estimate of drug-likeness (QED) is 0.816. The van der Waals surface area contributed by atoms with E-state index in [4.69, 9.17) is 16.7 Å². The number of carboxylic acids is 1. The molecule has 0 radical (unpaired) electrons. The normalized spacial score (nSPS) is 19.0. The first-order valence-corrected chi connectivity index (χ1v) is 8.41. The van der Waals surface area contributed by atoms with E-state index in [1.165, 1.54) is 24.3 Å². The first-order valence-electron chi connectivity index (χ1n) is 6.59. The Morgan fingerprint density at radius 3 is 2.55 bits per heavy atom. The summed E-state index contributed by atoms with van der Waals surface area (Å²) < 4.78 is 26.3. The fourth-order valence-corrected chi connectivity index (χ4v) is 4.09. The summed E-state index contributed by atoms with van der Waals surface area (Å²) in [5, 5.41) is 11.2. The largest absolute Gasteiger partial charge is 0.480 e. The molecule has 1 aromatic carbocycles. The van der Waals surface area contributed by atoms with Gasteiger partial charge in [0.1, 0.15) is 12.6 Å². The van der Waals surface area contributed by atoms with Crippen LogP contribution in [0.15, 0.2) is 29.2 Å². The highest BCUT2D eigenvalue weighted by Gasteiger charge is 2.39. The van der Waals surface area contributed by atoms with Crippen molar-refractivity contribution in [2.45, 2.75) is 23.8 Å². The van der Waals surface area contributed by atoms with Crippen LogP contribution in [0.1, 0.15) is 12.8 Å². The molecule has 22 heavy (non-hydrogen) atoms. The van der Waals surface area contributed by atoms with E-state index in [0.717, 1.165) is 4.31 Å². The van der Waals surface area contributed by atoms with Crippen molar-refractivity contribution in [2.24, 2.45) is 0 Å². The van der Waals surface area contributed by atoms with Crippen molar-refractivity contribution in [2.75, 3.05) is 13.1 Å². The van der Waals surface area contributed by atoms with E-state index >= 15 is 0 Å². The summed E-state index contributed by atoms with van der Waals surface area (Å²) in [6, 6.07) is 4.79. The number of amides is 1. The molecule has 0 saturated carbocycles. The van der Waals surface area contributed by atoms with Crippen molar-refractivity contribution in [1.29, 1.82) is 0 Å². The van der Waals surface area contributed by atoms with E-state index in [1.54, 1.807) is 0 Å². The van der Waals surface area contributed by atoms with Crippen molar-refractivity contribution in [3.8, 4) is 0 Å². The van der Waals surface area contributed by atoms with Crippen LogP contribution in [0.2, 0.25) is 5.02 Å². The van der Waals surface area contributed by atoms with Gasteiger partial charge in [-0.2, -0.15) is 4.31 Å². The van der Waals surface area contributed by atoms with Gasteiger partial charge in [-0.3, -0.25) is 9.59 Å². The second-order valence-corrected chi connectivity index (χ2v) is 7.17. The highest BCUT2D eigenvalue weighted by molar-refractivity contribution is 7.89. The van der Waals surface area contributed by atoms with Gasteiger partial charge < -0.3 is 10.4 Å². The van der Waals surface area contributed by atoms with Crippen LogP contribution in [0.4, 0.5) is 0 Å². The number of carbonyl (C=O) groups is 2. The topological polar surface area (TPSA) is 104 Å². The van der Waals surface area contributed by atoms with Gasteiger partial charge in [-0.1, -0.05) is 11.6 Å². The zero-order chi connectivity index (χ0) is 16.3. The SMILES string of the molecule is O=C(O)CNC(=O)C1CCCN1S(=O)(=O)c1ccc(Cl)cc1. The molecule has 0 aromatic heterocycles. The van der Waals surface area contributed by atoms with Crippen molar-refractivity contribution in [3.63, 3.8) is 0 Å². The van der Waals surface area contributed by atoms with Crippen LogP contribution in [0, 0.1) is 0 Å². The van der Waals surface area contributed by atoms with Crippen LogP contribution in [-0.2, 0) is 19.6 Å². The number of hydrogen-bond donors (Lipinski definition) is 2. The Balaban J connectivity index is 2.20. The Morgan fingerprint density at radius 1 is 1.32 bits per heavy atom. The van der Waals surface area contributed by atoms with Gasteiger partial charge in [-0.15, -0.1) is 0 Å². The summed E-state index contributed by atoms with van der Waals surface area (Å²) in [6.45, 7) is -0.319. The second-order valence-electron chi connectivity index (χ2n) is 4.84. The molecular formula is C13H15ClN2O5S. The predicted molar refractivity (Wildman–Crippen MR) is 79.0 cm³/mol. The first kappa shape index (κ1) is 16.7. The van der Waals surface area contributed by atoms with E-state index in [0.29, 0.717) is 17.9 Å². The number of halogens is 1. The summed E-state index contributed by atoms with van der Waals surface area (Å²) in [7, 11) is -3.82. The minimum absolute atomic E-state index is 0.0508. The van der Waals surface area contributed by atoms with E-state index in [-0.39, 0.29) is 11.4 Å². The summed E-state index contributed by atoms with van der Waals surface area (Å²) in [5.74, 6) is -1.78. The lowest BCUT2D eigenvalue weighted by Gasteiger charge is -2.23. The van der Waals surface area contributed by atoms with Crippen molar-refractivity contribution >= 4 is 33.5 Å². The lowest BCUT2D eigenvalue weighted by molar-refractivity contribution is -0.138. The molecule has 120 valence electrons. The summed E-state index contributed by atoms with van der Waals surface area (Å²) in [5.41, 5.74) is 0. The molecule has 1 atom stereocenters. The molecule has 1 unspecified atom stereocenters. The van der Waals surface area contributed by atoms with E-state index in [2.05, 4.69) is 5.32 Å². The number of aliphatic carboxylic acids is 1. The lowest BCUT2D eigenvalue weighted by atomic mass is 10.2. The number of nitrogens with zero attached hydrogens (tertiary/aromatic N) is 1. The molecule has 2 rings (SSSR count). The highest BCUT2D eigenvalue weighted by Crippen LogP contribution is 2.26. The highest BCUT2D eigenvalue weighted by atomic mass is 35.5. The van der Waals surface area contributed by atoms with Crippen LogP contribution >= 0.6 is 11.6 Å². The Kier molecular flexibility index (Phi) is 5.05. The van der Waals surface area contributed by atoms with Crippen LogP contribution in [0.25, 0.3) is 0 Å². The number of hydrogen-bond acceptors (Lipinski definition) is 4. The average molecular weight is 347 g/mol. The monoisotopic (exact) mass is 346 g/mol. The van der Waals surface area contributed by atoms with Gasteiger partial charge in [0.05, 0.1) is 4.90 Å².